The Bertz CT molecular complexity index is 1250. The van der Waals surface area contributed by atoms with Crippen LogP contribution in [0.3, 0.4) is 0 Å². The molecule has 0 bridgehead atoms. The number of alkyl halides is 3. The van der Waals surface area contributed by atoms with E-state index in [2.05, 4.69) is 5.32 Å². The molecule has 1 atom stereocenters. The number of rotatable bonds is 5. The van der Waals surface area contributed by atoms with E-state index in [0.29, 0.717) is 28.9 Å². The topological polar surface area (TPSA) is 27.6 Å². The number of thiocarbonyl (C=S) groups is 1. The van der Waals surface area contributed by atoms with Gasteiger partial charge in [-0.25, -0.2) is 4.39 Å². The van der Waals surface area contributed by atoms with Gasteiger partial charge < -0.3 is 5.32 Å². The standard InChI is InChI=1S/C25H20ClF4N3S2/c26-21-10-2-1-9-20(21)22(14-16-5-3-7-18(27)13-16)32-24-33(11-12-35-24)23(34)31-19-8-4-6-17(15-19)25(28,29)30/h1-10,13,15,22H,11-12,14H2,(H,31,34). The van der Waals surface area contributed by atoms with Crippen LogP contribution < -0.4 is 5.32 Å². The molecule has 1 aliphatic heterocycles. The predicted molar refractivity (Wildman–Crippen MR) is 139 cm³/mol. The van der Waals surface area contributed by atoms with E-state index in [1.165, 1.54) is 36.0 Å². The Labute approximate surface area is 215 Å². The largest absolute Gasteiger partial charge is 0.416 e. The van der Waals surface area contributed by atoms with E-state index in [9.17, 15) is 17.6 Å². The van der Waals surface area contributed by atoms with Crippen molar-refractivity contribution in [1.29, 1.82) is 0 Å². The minimum absolute atomic E-state index is 0.239. The molecule has 3 aromatic carbocycles. The van der Waals surface area contributed by atoms with Crippen LogP contribution in [0, 0.1) is 5.82 Å². The normalized spacial score (nSPS) is 15.9. The third-order valence-corrected chi connectivity index (χ3v) is 6.95. The summed E-state index contributed by atoms with van der Waals surface area (Å²) in [5.74, 6) is 0.370. The molecular formula is C25H20ClF4N3S2. The molecule has 0 amide bonds. The monoisotopic (exact) mass is 537 g/mol. The number of hydrogen-bond acceptors (Lipinski definition) is 3. The highest BCUT2D eigenvalue weighted by Crippen LogP contribution is 2.33. The maximum atomic E-state index is 13.8. The molecule has 3 nitrogen and oxygen atoms in total. The van der Waals surface area contributed by atoms with Gasteiger partial charge in [-0.05, 0) is 66.2 Å². The van der Waals surface area contributed by atoms with Crippen molar-refractivity contribution in [2.75, 3.05) is 17.6 Å². The summed E-state index contributed by atoms with van der Waals surface area (Å²) in [4.78, 5) is 6.68. The van der Waals surface area contributed by atoms with E-state index in [-0.39, 0.29) is 16.6 Å². The van der Waals surface area contributed by atoms with Crippen molar-refractivity contribution in [2.45, 2.75) is 18.6 Å². The van der Waals surface area contributed by atoms with Gasteiger partial charge in [0.25, 0.3) is 0 Å². The molecule has 0 aromatic heterocycles. The Balaban J connectivity index is 1.60. The number of thioether (sulfide) groups is 1. The van der Waals surface area contributed by atoms with E-state index >= 15 is 0 Å². The average molecular weight is 538 g/mol. The summed E-state index contributed by atoms with van der Waals surface area (Å²) < 4.78 is 53.1. The molecule has 35 heavy (non-hydrogen) atoms. The van der Waals surface area contributed by atoms with Gasteiger partial charge in [0, 0.05) is 23.0 Å². The third kappa shape index (κ3) is 6.54. The summed E-state index contributed by atoms with van der Waals surface area (Å²) in [6, 6.07) is 18.1. The van der Waals surface area contributed by atoms with Crippen LogP contribution in [0.5, 0.6) is 0 Å². The minimum atomic E-state index is -4.45. The van der Waals surface area contributed by atoms with E-state index in [1.807, 2.05) is 24.3 Å². The summed E-state index contributed by atoms with van der Waals surface area (Å²) in [6.45, 7) is 0.545. The number of nitrogens with zero attached hydrogens (tertiary/aromatic N) is 2. The van der Waals surface area contributed by atoms with E-state index in [1.54, 1.807) is 17.0 Å². The summed E-state index contributed by atoms with van der Waals surface area (Å²) in [7, 11) is 0. The zero-order valence-corrected chi connectivity index (χ0v) is 20.6. The van der Waals surface area contributed by atoms with Crippen molar-refractivity contribution in [3.8, 4) is 0 Å². The van der Waals surface area contributed by atoms with Gasteiger partial charge in [0.05, 0.1) is 11.6 Å². The molecule has 1 aliphatic rings. The maximum Gasteiger partial charge on any atom is 0.416 e. The molecule has 182 valence electrons. The Morgan fingerprint density at radius 3 is 2.60 bits per heavy atom. The Kier molecular flexibility index (Phi) is 7.98. The SMILES string of the molecule is Fc1cccc(CC(N=C2SCCN2C(=S)Nc2cccc(C(F)(F)F)c2)c2ccccc2Cl)c1. The molecule has 1 heterocycles. The zero-order chi connectivity index (χ0) is 25.0. The van der Waals surface area contributed by atoms with Crippen LogP contribution in [-0.2, 0) is 12.6 Å². The molecular weight excluding hydrogens is 518 g/mol. The smallest absolute Gasteiger partial charge is 0.332 e. The average Bonchev–Trinajstić information content (AvgIpc) is 3.27. The van der Waals surface area contributed by atoms with Gasteiger partial charge in [0.15, 0.2) is 10.3 Å². The van der Waals surface area contributed by atoms with Crippen LogP contribution in [0.1, 0.15) is 22.7 Å². The summed E-state index contributed by atoms with van der Waals surface area (Å²) >= 11 is 13.5. The van der Waals surface area contributed by atoms with Gasteiger partial charge in [0.1, 0.15) is 5.82 Å². The van der Waals surface area contributed by atoms with Crippen molar-refractivity contribution in [3.63, 3.8) is 0 Å². The van der Waals surface area contributed by atoms with E-state index in [0.717, 1.165) is 23.3 Å². The van der Waals surface area contributed by atoms with Crippen molar-refractivity contribution < 1.29 is 17.6 Å². The Hall–Kier alpha value is -2.62. The second-order valence-electron chi connectivity index (χ2n) is 7.79. The number of amidine groups is 1. The van der Waals surface area contributed by atoms with Crippen LogP contribution in [0.4, 0.5) is 23.2 Å². The highest BCUT2D eigenvalue weighted by molar-refractivity contribution is 8.14. The third-order valence-electron chi connectivity index (χ3n) is 5.31. The van der Waals surface area contributed by atoms with Crippen molar-refractivity contribution in [1.82, 2.24) is 4.90 Å². The first kappa shape index (κ1) is 25.5. The molecule has 10 heteroatoms. The number of halogens is 5. The first-order valence-corrected chi connectivity index (χ1v) is 12.4. The molecule has 1 N–H and O–H groups in total. The number of benzene rings is 3. The molecule has 0 spiro atoms. The lowest BCUT2D eigenvalue weighted by Crippen LogP contribution is -2.35. The molecule has 0 saturated carbocycles. The van der Waals surface area contributed by atoms with Crippen LogP contribution >= 0.6 is 35.6 Å². The maximum absolute atomic E-state index is 13.8. The summed E-state index contributed by atoms with van der Waals surface area (Å²) in [5.41, 5.74) is 1.03. The van der Waals surface area contributed by atoms with Gasteiger partial charge in [-0.3, -0.25) is 9.89 Å². The second-order valence-corrected chi connectivity index (χ2v) is 9.65. The zero-order valence-electron chi connectivity index (χ0n) is 18.2. The number of aliphatic imine (C=N–C) groups is 1. The predicted octanol–water partition coefficient (Wildman–Crippen LogP) is 7.58. The first-order chi connectivity index (χ1) is 16.7. The van der Waals surface area contributed by atoms with Crippen LogP contribution in [0.25, 0.3) is 0 Å². The molecule has 1 fully saturated rings. The quantitative estimate of drug-likeness (QED) is 0.268. The molecule has 1 saturated heterocycles. The van der Waals surface area contributed by atoms with E-state index < -0.39 is 17.8 Å². The van der Waals surface area contributed by atoms with Crippen LogP contribution in [0.2, 0.25) is 5.02 Å². The fraction of sp³-hybridized carbons (Fsp3) is 0.200. The van der Waals surface area contributed by atoms with Crippen molar-refractivity contribution in [3.05, 3.63) is 100 Å². The molecule has 1 unspecified atom stereocenters. The molecule has 0 aliphatic carbocycles. The molecule has 3 aromatic rings. The lowest BCUT2D eigenvalue weighted by molar-refractivity contribution is -0.137. The van der Waals surface area contributed by atoms with Crippen LogP contribution in [-0.4, -0.2) is 27.5 Å². The highest BCUT2D eigenvalue weighted by Gasteiger charge is 2.31. The number of anilines is 1. The Morgan fingerprint density at radius 1 is 1.09 bits per heavy atom. The van der Waals surface area contributed by atoms with Crippen molar-refractivity contribution in [2.24, 2.45) is 4.99 Å². The van der Waals surface area contributed by atoms with Crippen molar-refractivity contribution >= 4 is 51.5 Å². The van der Waals surface area contributed by atoms with Gasteiger partial charge in [-0.2, -0.15) is 13.2 Å². The van der Waals surface area contributed by atoms with Gasteiger partial charge in [-0.15, -0.1) is 0 Å². The molecule has 0 radical (unpaired) electrons. The fourth-order valence-electron chi connectivity index (χ4n) is 3.65. The summed E-state index contributed by atoms with van der Waals surface area (Å²) in [5, 5.41) is 4.30. The first-order valence-electron chi connectivity index (χ1n) is 10.7. The Morgan fingerprint density at radius 2 is 1.86 bits per heavy atom. The minimum Gasteiger partial charge on any atom is -0.332 e. The van der Waals surface area contributed by atoms with Gasteiger partial charge in [-0.1, -0.05) is 59.8 Å². The molecule has 4 rings (SSSR count). The lowest BCUT2D eigenvalue weighted by Gasteiger charge is -2.23. The lowest BCUT2D eigenvalue weighted by atomic mass is 9.99. The van der Waals surface area contributed by atoms with E-state index in [4.69, 9.17) is 28.8 Å². The van der Waals surface area contributed by atoms with Crippen LogP contribution in [0.15, 0.2) is 77.8 Å². The highest BCUT2D eigenvalue weighted by atomic mass is 35.5. The summed E-state index contributed by atoms with van der Waals surface area (Å²) in [6.07, 6.45) is -4.04. The number of nitrogens with one attached hydrogen (secondary N) is 1. The van der Waals surface area contributed by atoms with Gasteiger partial charge in [0.2, 0.25) is 0 Å². The van der Waals surface area contributed by atoms with Gasteiger partial charge >= 0.3 is 6.18 Å². The number of hydrogen-bond donors (Lipinski definition) is 1. The fourth-order valence-corrected chi connectivity index (χ4v) is 5.26. The second kappa shape index (κ2) is 11.0.